The van der Waals surface area contributed by atoms with E-state index < -0.39 is 0 Å². The van der Waals surface area contributed by atoms with Crippen molar-refractivity contribution in [2.75, 3.05) is 31.1 Å². The van der Waals surface area contributed by atoms with Crippen LogP contribution >= 0.6 is 0 Å². The number of amidine groups is 1. The van der Waals surface area contributed by atoms with Gasteiger partial charge in [0, 0.05) is 74.6 Å². The van der Waals surface area contributed by atoms with Crippen LogP contribution in [0.3, 0.4) is 0 Å². The number of hydrogen-bond donors (Lipinski definition) is 4. The number of aliphatic imine (C=N–C) groups is 1. The molecule has 10 heteroatoms. The van der Waals surface area contributed by atoms with Gasteiger partial charge >= 0.3 is 0 Å². The van der Waals surface area contributed by atoms with Crippen LogP contribution < -0.4 is 26.8 Å². The number of nitrogens with two attached hydrogens (primary N) is 1. The number of aliphatic hydroxyl groups is 1. The van der Waals surface area contributed by atoms with Gasteiger partial charge in [-0.3, -0.25) is 9.59 Å². The molecule has 3 aromatic rings. The summed E-state index contributed by atoms with van der Waals surface area (Å²) in [4.78, 5) is 32.9. The van der Waals surface area contributed by atoms with Crippen LogP contribution in [0, 0.1) is 0 Å². The predicted octanol–water partition coefficient (Wildman–Crippen LogP) is 1.95. The fourth-order valence-electron chi connectivity index (χ4n) is 6.10. The average molecular weight is 542 g/mol. The maximum Gasteiger partial charge on any atom is 0.276 e. The molecule has 1 aliphatic carbocycles. The molecular formula is C30H35N7O3. The fourth-order valence-corrected chi connectivity index (χ4v) is 6.10. The number of carbonyl (C=O) groups excluding carboxylic acids is 1. The number of rotatable bonds is 5. The van der Waals surface area contributed by atoms with Gasteiger partial charge in [-0.2, -0.15) is 0 Å². The Morgan fingerprint density at radius 1 is 1.15 bits per heavy atom. The lowest BCUT2D eigenvalue weighted by atomic mass is 9.98. The number of piperazine rings is 1. The Hall–Kier alpha value is -4.15. The van der Waals surface area contributed by atoms with Crippen LogP contribution in [0.5, 0.6) is 0 Å². The highest BCUT2D eigenvalue weighted by atomic mass is 16.3. The maximum absolute atomic E-state index is 13.7. The second kappa shape index (κ2) is 10.8. The topological polar surface area (TPSA) is 130 Å². The van der Waals surface area contributed by atoms with Crippen LogP contribution in [0.25, 0.3) is 11.1 Å². The number of anilines is 1. The number of nitrogens with one attached hydrogen (secondary N) is 2. The summed E-state index contributed by atoms with van der Waals surface area (Å²) in [5.41, 5.74) is 13.1. The predicted molar refractivity (Wildman–Crippen MR) is 156 cm³/mol. The SMILES string of the molecule is Cn1cc(-c2cccc(N3CCn4c(cc5c4CCCC5)C3=O)c2CO)cc(N=C(N)C=C2CNCCN2)c1=O. The van der Waals surface area contributed by atoms with E-state index in [2.05, 4.69) is 26.3 Å². The molecule has 0 atom stereocenters. The Kier molecular flexibility index (Phi) is 7.03. The number of benzene rings is 1. The molecule has 208 valence electrons. The summed E-state index contributed by atoms with van der Waals surface area (Å²) >= 11 is 0. The maximum atomic E-state index is 13.7. The van der Waals surface area contributed by atoms with Gasteiger partial charge in [0.15, 0.2) is 0 Å². The first-order chi connectivity index (χ1) is 19.4. The minimum Gasteiger partial charge on any atom is -0.392 e. The van der Waals surface area contributed by atoms with E-state index in [0.717, 1.165) is 62.3 Å². The molecule has 4 heterocycles. The molecule has 0 bridgehead atoms. The van der Waals surface area contributed by atoms with Crippen molar-refractivity contribution < 1.29 is 9.90 Å². The van der Waals surface area contributed by atoms with Crippen molar-refractivity contribution in [3.05, 3.63) is 81.2 Å². The molecule has 0 unspecified atom stereocenters. The van der Waals surface area contributed by atoms with Crippen molar-refractivity contribution in [1.82, 2.24) is 19.8 Å². The van der Waals surface area contributed by atoms with E-state index in [-0.39, 0.29) is 29.6 Å². The summed E-state index contributed by atoms with van der Waals surface area (Å²) in [6.07, 6.45) is 7.81. The van der Waals surface area contributed by atoms with Crippen LogP contribution in [-0.2, 0) is 33.0 Å². The number of carbonyl (C=O) groups is 1. The molecule has 2 aromatic heterocycles. The highest BCUT2D eigenvalue weighted by Gasteiger charge is 2.31. The van der Waals surface area contributed by atoms with Gasteiger partial charge in [0.25, 0.3) is 11.5 Å². The lowest BCUT2D eigenvalue weighted by molar-refractivity contribution is 0.0964. The molecule has 1 fully saturated rings. The molecule has 0 radical (unpaired) electrons. The summed E-state index contributed by atoms with van der Waals surface area (Å²) in [6.45, 7) is 3.32. The van der Waals surface area contributed by atoms with Crippen molar-refractivity contribution in [2.24, 2.45) is 17.8 Å². The minimum absolute atomic E-state index is 0.0510. The zero-order valence-electron chi connectivity index (χ0n) is 22.7. The Balaban J connectivity index is 1.37. The van der Waals surface area contributed by atoms with Gasteiger partial charge in [-0.25, -0.2) is 4.99 Å². The number of pyridine rings is 1. The van der Waals surface area contributed by atoms with Gasteiger partial charge in [-0.05, 0) is 55.0 Å². The first kappa shape index (κ1) is 26.1. The van der Waals surface area contributed by atoms with Gasteiger partial charge < -0.3 is 35.5 Å². The molecule has 1 saturated heterocycles. The van der Waals surface area contributed by atoms with E-state index in [0.29, 0.717) is 29.9 Å². The Bertz CT molecular complexity index is 1590. The zero-order chi connectivity index (χ0) is 27.8. The normalized spacial score (nSPS) is 18.4. The Labute approximate surface area is 232 Å². The number of fused-ring (bicyclic) bond motifs is 3. The number of amides is 1. The summed E-state index contributed by atoms with van der Waals surface area (Å²) in [5, 5.41) is 17.1. The van der Waals surface area contributed by atoms with E-state index in [1.165, 1.54) is 15.8 Å². The Morgan fingerprint density at radius 2 is 2.00 bits per heavy atom. The van der Waals surface area contributed by atoms with E-state index in [4.69, 9.17) is 5.73 Å². The van der Waals surface area contributed by atoms with Gasteiger partial charge in [-0.15, -0.1) is 0 Å². The van der Waals surface area contributed by atoms with Crippen LogP contribution in [0.1, 0.15) is 40.2 Å². The molecule has 5 N–H and O–H groups in total. The standard InChI is InChI=1S/C30H35N7O3/c1-35-17-20(13-24(29(35)39)34-28(31)15-21-16-32-9-10-33-21)22-6-4-8-26(23(22)18-38)37-12-11-36-25-7-3-2-5-19(25)14-27(36)30(37)40/h4,6,8,13-15,17,32-33,38H,2-3,5,7,9-12,16,18H2,1H3,(H2,31,34). The molecule has 6 rings (SSSR count). The summed E-state index contributed by atoms with van der Waals surface area (Å²) in [6, 6.07) is 9.39. The number of aryl methyl sites for hydroxylation is 2. The van der Waals surface area contributed by atoms with Crippen LogP contribution in [-0.4, -0.2) is 52.2 Å². The monoisotopic (exact) mass is 541 g/mol. The van der Waals surface area contributed by atoms with Gasteiger partial charge in [0.1, 0.15) is 17.2 Å². The van der Waals surface area contributed by atoms with Crippen molar-refractivity contribution in [3.63, 3.8) is 0 Å². The molecule has 0 saturated carbocycles. The second-order valence-corrected chi connectivity index (χ2v) is 10.6. The van der Waals surface area contributed by atoms with Crippen LogP contribution in [0.2, 0.25) is 0 Å². The van der Waals surface area contributed by atoms with Crippen molar-refractivity contribution in [2.45, 2.75) is 38.8 Å². The molecule has 0 spiro atoms. The average Bonchev–Trinajstić information content (AvgIpc) is 3.35. The van der Waals surface area contributed by atoms with E-state index in [1.807, 2.05) is 18.2 Å². The summed E-state index contributed by atoms with van der Waals surface area (Å²) < 4.78 is 3.65. The molecule has 40 heavy (non-hydrogen) atoms. The van der Waals surface area contributed by atoms with Crippen LogP contribution in [0.15, 0.2) is 58.1 Å². The first-order valence-corrected chi connectivity index (χ1v) is 13.9. The third-order valence-electron chi connectivity index (χ3n) is 8.04. The van der Waals surface area contributed by atoms with E-state index in [9.17, 15) is 14.7 Å². The minimum atomic E-state index is -0.280. The van der Waals surface area contributed by atoms with Crippen molar-refractivity contribution >= 4 is 23.1 Å². The summed E-state index contributed by atoms with van der Waals surface area (Å²) in [7, 11) is 1.67. The third kappa shape index (κ3) is 4.73. The van der Waals surface area contributed by atoms with E-state index in [1.54, 1.807) is 30.3 Å². The lowest BCUT2D eigenvalue weighted by Crippen LogP contribution is -2.41. The molecular weight excluding hydrogens is 506 g/mol. The molecule has 1 aromatic carbocycles. The highest BCUT2D eigenvalue weighted by molar-refractivity contribution is 6.07. The Morgan fingerprint density at radius 3 is 2.80 bits per heavy atom. The highest BCUT2D eigenvalue weighted by Crippen LogP contribution is 2.35. The number of aliphatic hydroxyl groups excluding tert-OH is 1. The number of aromatic nitrogens is 2. The van der Waals surface area contributed by atoms with Gasteiger partial charge in [0.05, 0.1) is 12.3 Å². The lowest BCUT2D eigenvalue weighted by Gasteiger charge is -2.31. The fraction of sp³-hybridized carbons (Fsp3) is 0.367. The van der Waals surface area contributed by atoms with E-state index >= 15 is 0 Å². The zero-order valence-corrected chi connectivity index (χ0v) is 22.7. The molecule has 3 aliphatic rings. The largest absolute Gasteiger partial charge is 0.392 e. The van der Waals surface area contributed by atoms with Gasteiger partial charge in [-0.1, -0.05) is 12.1 Å². The van der Waals surface area contributed by atoms with Crippen LogP contribution in [0.4, 0.5) is 11.4 Å². The number of nitrogens with zero attached hydrogens (tertiary/aromatic N) is 4. The quantitative estimate of drug-likeness (QED) is 0.289. The first-order valence-electron chi connectivity index (χ1n) is 13.9. The summed E-state index contributed by atoms with van der Waals surface area (Å²) in [5.74, 6) is 0.172. The molecule has 10 nitrogen and oxygen atoms in total. The van der Waals surface area contributed by atoms with Gasteiger partial charge in [0.2, 0.25) is 0 Å². The third-order valence-corrected chi connectivity index (χ3v) is 8.04. The second-order valence-electron chi connectivity index (χ2n) is 10.6. The molecule has 1 amide bonds. The van der Waals surface area contributed by atoms with Crippen molar-refractivity contribution in [1.29, 1.82) is 0 Å². The molecule has 2 aliphatic heterocycles. The van der Waals surface area contributed by atoms with Crippen molar-refractivity contribution in [3.8, 4) is 11.1 Å². The smallest absolute Gasteiger partial charge is 0.276 e. The number of hydrogen-bond acceptors (Lipinski definition) is 6.